The monoisotopic (exact) mass is 404 g/mol. The van der Waals surface area contributed by atoms with Crippen LogP contribution in [0.3, 0.4) is 0 Å². The largest absolute Gasteiger partial charge is 0.493 e. The molecule has 0 bridgehead atoms. The van der Waals surface area contributed by atoms with Crippen molar-refractivity contribution in [1.82, 2.24) is 14.9 Å². The standard InChI is InChI=1S/C21H23F3N4O/c22-21(23,24)16-3-1-4-17(13-16)28-10-8-27(9-11-28)7-2-12-29-18-5-6-19-20(14-18)26-15-25-19/h1,3-6,13-15H,2,7-12H2,(H,25,26). The number of halogens is 3. The van der Waals surface area contributed by atoms with Crippen molar-refractivity contribution in [3.05, 3.63) is 54.4 Å². The fourth-order valence-electron chi connectivity index (χ4n) is 3.59. The van der Waals surface area contributed by atoms with Gasteiger partial charge in [-0.05, 0) is 36.8 Å². The first kappa shape index (κ1) is 19.6. The van der Waals surface area contributed by atoms with Crippen molar-refractivity contribution in [2.75, 3.05) is 44.2 Å². The number of nitrogens with one attached hydrogen (secondary N) is 1. The molecule has 5 nitrogen and oxygen atoms in total. The van der Waals surface area contributed by atoms with Gasteiger partial charge in [-0.15, -0.1) is 0 Å². The summed E-state index contributed by atoms with van der Waals surface area (Å²) < 4.78 is 44.5. The molecule has 0 amide bonds. The first-order chi connectivity index (χ1) is 14.0. The van der Waals surface area contributed by atoms with Crippen LogP contribution < -0.4 is 9.64 Å². The van der Waals surface area contributed by atoms with Crippen LogP contribution in [0.5, 0.6) is 5.75 Å². The number of fused-ring (bicyclic) bond motifs is 1. The Morgan fingerprint density at radius 3 is 2.66 bits per heavy atom. The van der Waals surface area contributed by atoms with Gasteiger partial charge in [0.05, 0.1) is 29.5 Å². The van der Waals surface area contributed by atoms with Crippen molar-refractivity contribution in [3.63, 3.8) is 0 Å². The van der Waals surface area contributed by atoms with Crippen LogP contribution in [0, 0.1) is 0 Å². The van der Waals surface area contributed by atoms with Crippen LogP contribution in [-0.4, -0.2) is 54.2 Å². The van der Waals surface area contributed by atoms with Crippen molar-refractivity contribution in [1.29, 1.82) is 0 Å². The minimum absolute atomic E-state index is 0.595. The lowest BCUT2D eigenvalue weighted by Gasteiger charge is -2.36. The lowest BCUT2D eigenvalue weighted by Crippen LogP contribution is -2.46. The number of piperazine rings is 1. The molecule has 4 rings (SSSR count). The molecule has 1 aliphatic rings. The van der Waals surface area contributed by atoms with Gasteiger partial charge in [-0.3, -0.25) is 4.90 Å². The molecule has 0 unspecified atom stereocenters. The maximum atomic E-state index is 12.9. The Labute approximate surface area is 167 Å². The zero-order valence-corrected chi connectivity index (χ0v) is 16.0. The summed E-state index contributed by atoms with van der Waals surface area (Å²) in [6, 6.07) is 11.4. The second-order valence-electron chi connectivity index (χ2n) is 7.16. The van der Waals surface area contributed by atoms with Crippen LogP contribution in [0.25, 0.3) is 11.0 Å². The molecule has 1 aromatic heterocycles. The minimum Gasteiger partial charge on any atom is -0.493 e. The van der Waals surface area contributed by atoms with E-state index >= 15 is 0 Å². The molecule has 154 valence electrons. The van der Waals surface area contributed by atoms with E-state index in [0.29, 0.717) is 12.3 Å². The molecule has 0 spiro atoms. The van der Waals surface area contributed by atoms with Crippen LogP contribution in [0.4, 0.5) is 18.9 Å². The van der Waals surface area contributed by atoms with E-state index in [-0.39, 0.29) is 0 Å². The average molecular weight is 404 g/mol. The molecule has 3 aromatic rings. The van der Waals surface area contributed by atoms with Crippen LogP contribution in [-0.2, 0) is 6.18 Å². The second kappa shape index (κ2) is 8.32. The van der Waals surface area contributed by atoms with Crippen molar-refractivity contribution in [2.45, 2.75) is 12.6 Å². The third kappa shape index (κ3) is 4.82. The van der Waals surface area contributed by atoms with Gasteiger partial charge in [0.25, 0.3) is 0 Å². The third-order valence-electron chi connectivity index (χ3n) is 5.19. The van der Waals surface area contributed by atoms with E-state index in [1.54, 1.807) is 12.4 Å². The van der Waals surface area contributed by atoms with E-state index in [4.69, 9.17) is 4.74 Å². The molecule has 1 aliphatic heterocycles. The first-order valence-corrected chi connectivity index (χ1v) is 9.69. The number of aromatic amines is 1. The number of rotatable bonds is 6. The molecule has 2 aromatic carbocycles. The molecule has 2 heterocycles. The Balaban J connectivity index is 1.21. The highest BCUT2D eigenvalue weighted by Gasteiger charge is 2.31. The Kier molecular flexibility index (Phi) is 5.62. The van der Waals surface area contributed by atoms with Gasteiger partial charge in [0, 0.05) is 44.5 Å². The lowest BCUT2D eigenvalue weighted by atomic mass is 10.1. The van der Waals surface area contributed by atoms with E-state index in [2.05, 4.69) is 14.9 Å². The van der Waals surface area contributed by atoms with E-state index in [1.807, 2.05) is 23.1 Å². The topological polar surface area (TPSA) is 44.4 Å². The van der Waals surface area contributed by atoms with Crippen molar-refractivity contribution in [2.24, 2.45) is 0 Å². The average Bonchev–Trinajstić information content (AvgIpc) is 3.19. The lowest BCUT2D eigenvalue weighted by molar-refractivity contribution is -0.137. The molecular weight excluding hydrogens is 381 g/mol. The maximum Gasteiger partial charge on any atom is 0.416 e. The summed E-state index contributed by atoms with van der Waals surface area (Å²) in [6.07, 6.45) is -1.75. The quantitative estimate of drug-likeness (QED) is 0.627. The van der Waals surface area contributed by atoms with Gasteiger partial charge in [0.2, 0.25) is 0 Å². The maximum absolute atomic E-state index is 12.9. The highest BCUT2D eigenvalue weighted by molar-refractivity contribution is 5.75. The number of hydrogen-bond acceptors (Lipinski definition) is 4. The number of H-pyrrole nitrogens is 1. The number of imidazole rings is 1. The predicted molar refractivity (Wildman–Crippen MR) is 106 cm³/mol. The van der Waals surface area contributed by atoms with Gasteiger partial charge >= 0.3 is 6.18 Å². The smallest absolute Gasteiger partial charge is 0.416 e. The van der Waals surface area contributed by atoms with Gasteiger partial charge in [0.15, 0.2) is 0 Å². The summed E-state index contributed by atoms with van der Waals surface area (Å²) in [5, 5.41) is 0. The number of alkyl halides is 3. The second-order valence-corrected chi connectivity index (χ2v) is 7.16. The fourth-order valence-corrected chi connectivity index (χ4v) is 3.59. The molecule has 29 heavy (non-hydrogen) atoms. The molecule has 1 N–H and O–H groups in total. The van der Waals surface area contributed by atoms with E-state index in [9.17, 15) is 13.2 Å². The number of hydrogen-bond donors (Lipinski definition) is 1. The van der Waals surface area contributed by atoms with Gasteiger partial charge in [-0.2, -0.15) is 13.2 Å². The molecule has 0 radical (unpaired) electrons. The van der Waals surface area contributed by atoms with Gasteiger partial charge in [0.1, 0.15) is 5.75 Å². The van der Waals surface area contributed by atoms with Gasteiger partial charge < -0.3 is 14.6 Å². The molecule has 1 saturated heterocycles. The molecule has 1 fully saturated rings. The van der Waals surface area contributed by atoms with E-state index in [1.165, 1.54) is 12.1 Å². The highest BCUT2D eigenvalue weighted by atomic mass is 19.4. The Morgan fingerprint density at radius 1 is 1.03 bits per heavy atom. The van der Waals surface area contributed by atoms with Crippen LogP contribution >= 0.6 is 0 Å². The zero-order chi connectivity index (χ0) is 20.3. The van der Waals surface area contributed by atoms with E-state index in [0.717, 1.165) is 62.0 Å². The van der Waals surface area contributed by atoms with E-state index < -0.39 is 11.7 Å². The Morgan fingerprint density at radius 2 is 1.86 bits per heavy atom. The van der Waals surface area contributed by atoms with Crippen LogP contribution in [0.1, 0.15) is 12.0 Å². The molecule has 0 atom stereocenters. The van der Waals surface area contributed by atoms with Crippen molar-refractivity contribution in [3.8, 4) is 5.75 Å². The number of anilines is 1. The van der Waals surface area contributed by atoms with Crippen molar-refractivity contribution < 1.29 is 17.9 Å². The van der Waals surface area contributed by atoms with Gasteiger partial charge in [-0.25, -0.2) is 4.98 Å². The Hall–Kier alpha value is -2.74. The molecule has 0 aliphatic carbocycles. The third-order valence-corrected chi connectivity index (χ3v) is 5.19. The summed E-state index contributed by atoms with van der Waals surface area (Å²) in [7, 11) is 0. The van der Waals surface area contributed by atoms with Crippen LogP contribution in [0.2, 0.25) is 0 Å². The number of ether oxygens (including phenoxy) is 1. The summed E-state index contributed by atoms with van der Waals surface area (Å²) in [6.45, 7) is 4.63. The number of nitrogens with zero attached hydrogens (tertiary/aromatic N) is 3. The predicted octanol–water partition coefficient (Wildman–Crippen LogP) is 4.17. The highest BCUT2D eigenvalue weighted by Crippen LogP contribution is 2.31. The first-order valence-electron chi connectivity index (χ1n) is 9.69. The summed E-state index contributed by atoms with van der Waals surface area (Å²) in [5.74, 6) is 0.816. The molecule has 0 saturated carbocycles. The van der Waals surface area contributed by atoms with Gasteiger partial charge in [-0.1, -0.05) is 6.07 Å². The van der Waals surface area contributed by atoms with Crippen LogP contribution in [0.15, 0.2) is 48.8 Å². The summed E-state index contributed by atoms with van der Waals surface area (Å²) in [5.41, 5.74) is 1.91. The normalized spacial score (nSPS) is 15.8. The fraction of sp³-hybridized carbons (Fsp3) is 0.381. The summed E-state index contributed by atoms with van der Waals surface area (Å²) in [4.78, 5) is 11.6. The minimum atomic E-state index is -4.31. The molecular formula is C21H23F3N4O. The number of benzene rings is 2. The SMILES string of the molecule is FC(F)(F)c1cccc(N2CCN(CCCOc3ccc4nc[nH]c4c3)CC2)c1. The number of aromatic nitrogens is 2. The summed E-state index contributed by atoms with van der Waals surface area (Å²) >= 11 is 0. The zero-order valence-electron chi connectivity index (χ0n) is 16.0. The Bertz CT molecular complexity index is 948. The van der Waals surface area contributed by atoms with Crippen molar-refractivity contribution >= 4 is 16.7 Å². The molecule has 8 heteroatoms.